The number of benzene rings is 1. The van der Waals surface area contributed by atoms with Gasteiger partial charge in [0.25, 0.3) is 6.01 Å². The molecule has 146 valence electrons. The predicted molar refractivity (Wildman–Crippen MR) is 109 cm³/mol. The lowest BCUT2D eigenvalue weighted by Crippen LogP contribution is -2.38. The van der Waals surface area contributed by atoms with Crippen LogP contribution in [0.2, 0.25) is 5.02 Å². The molecule has 1 aliphatic rings. The van der Waals surface area contributed by atoms with Crippen molar-refractivity contribution >= 4 is 40.4 Å². The molecule has 0 bridgehead atoms. The lowest BCUT2D eigenvalue weighted by atomic mass is 9.94. The van der Waals surface area contributed by atoms with Crippen LogP contribution in [-0.4, -0.2) is 29.0 Å². The standard InChI is InChI=1S/C20H22ClN5O2/c21-15-5-6-16-17(10-15)28-20(25-16)26-8-2-3-13(12-26)9-18(27)24-11-14-4-1-7-23-19(14)22/h1,4-7,10,13H,2-3,8-9,11-12H2,(H2,22,23)(H,24,27). The van der Waals surface area contributed by atoms with Crippen molar-refractivity contribution in [2.75, 3.05) is 23.7 Å². The molecular weight excluding hydrogens is 378 g/mol. The highest BCUT2D eigenvalue weighted by molar-refractivity contribution is 6.31. The summed E-state index contributed by atoms with van der Waals surface area (Å²) < 4.78 is 5.87. The maximum Gasteiger partial charge on any atom is 0.298 e. The van der Waals surface area contributed by atoms with E-state index in [1.165, 1.54) is 0 Å². The molecular formula is C20H22ClN5O2. The average Bonchev–Trinajstić information content (AvgIpc) is 3.11. The van der Waals surface area contributed by atoms with E-state index in [2.05, 4.69) is 20.2 Å². The number of nitrogens with two attached hydrogens (primary N) is 1. The zero-order valence-corrected chi connectivity index (χ0v) is 16.2. The Hall–Kier alpha value is -2.80. The second kappa shape index (κ2) is 8.06. The third-order valence-electron chi connectivity index (χ3n) is 5.00. The molecule has 1 aliphatic heterocycles. The molecule has 28 heavy (non-hydrogen) atoms. The van der Waals surface area contributed by atoms with Gasteiger partial charge >= 0.3 is 0 Å². The molecule has 1 atom stereocenters. The van der Waals surface area contributed by atoms with Gasteiger partial charge in [0.1, 0.15) is 11.3 Å². The van der Waals surface area contributed by atoms with Crippen molar-refractivity contribution < 1.29 is 9.21 Å². The van der Waals surface area contributed by atoms with Crippen molar-refractivity contribution in [1.29, 1.82) is 0 Å². The number of pyridine rings is 1. The van der Waals surface area contributed by atoms with E-state index in [0.29, 0.717) is 35.4 Å². The number of anilines is 2. The third kappa shape index (κ3) is 4.20. The van der Waals surface area contributed by atoms with Gasteiger partial charge in [-0.05, 0) is 37.0 Å². The molecule has 3 heterocycles. The predicted octanol–water partition coefficient (Wildman–Crippen LogP) is 3.38. The minimum atomic E-state index is 0.0134. The van der Waals surface area contributed by atoms with Gasteiger partial charge in [-0.15, -0.1) is 0 Å². The zero-order valence-electron chi connectivity index (χ0n) is 15.4. The number of halogens is 1. The number of nitrogens with one attached hydrogen (secondary N) is 1. The SMILES string of the molecule is Nc1ncccc1CNC(=O)CC1CCCN(c2nc3ccc(Cl)cc3o2)C1. The highest BCUT2D eigenvalue weighted by Gasteiger charge is 2.25. The van der Waals surface area contributed by atoms with Crippen molar-refractivity contribution in [2.24, 2.45) is 5.92 Å². The van der Waals surface area contributed by atoms with Gasteiger partial charge in [-0.25, -0.2) is 4.98 Å². The molecule has 8 heteroatoms. The number of amides is 1. The topological polar surface area (TPSA) is 97.3 Å². The molecule has 1 fully saturated rings. The van der Waals surface area contributed by atoms with E-state index in [1.54, 1.807) is 18.3 Å². The van der Waals surface area contributed by atoms with Gasteiger partial charge in [0.15, 0.2) is 5.58 Å². The van der Waals surface area contributed by atoms with E-state index in [4.69, 9.17) is 21.8 Å². The quantitative estimate of drug-likeness (QED) is 0.682. The van der Waals surface area contributed by atoms with Gasteiger partial charge in [-0.3, -0.25) is 4.79 Å². The second-order valence-electron chi connectivity index (χ2n) is 7.09. The lowest BCUT2D eigenvalue weighted by Gasteiger charge is -2.31. The summed E-state index contributed by atoms with van der Waals surface area (Å²) in [4.78, 5) is 23.1. The average molecular weight is 400 g/mol. The summed E-state index contributed by atoms with van der Waals surface area (Å²) >= 11 is 6.02. The summed E-state index contributed by atoms with van der Waals surface area (Å²) in [6.45, 7) is 1.99. The van der Waals surface area contributed by atoms with Gasteiger partial charge in [0, 0.05) is 48.9 Å². The van der Waals surface area contributed by atoms with Crippen LogP contribution < -0.4 is 16.0 Å². The Bertz CT molecular complexity index is 990. The first kappa shape index (κ1) is 18.6. The number of fused-ring (bicyclic) bond motifs is 1. The number of hydrogen-bond donors (Lipinski definition) is 2. The van der Waals surface area contributed by atoms with Crippen LogP contribution in [0.3, 0.4) is 0 Å². The summed E-state index contributed by atoms with van der Waals surface area (Å²) in [6.07, 6.45) is 4.10. The fourth-order valence-electron chi connectivity index (χ4n) is 3.56. The molecule has 3 aromatic rings. The Labute approximate surface area is 167 Å². The van der Waals surface area contributed by atoms with Gasteiger partial charge in [-0.2, -0.15) is 4.98 Å². The van der Waals surface area contributed by atoms with Gasteiger partial charge in [0.05, 0.1) is 0 Å². The Morgan fingerprint density at radius 1 is 1.39 bits per heavy atom. The summed E-state index contributed by atoms with van der Waals surface area (Å²) in [5.74, 6) is 0.709. The number of nitrogens with zero attached hydrogens (tertiary/aromatic N) is 3. The summed E-state index contributed by atoms with van der Waals surface area (Å²) in [7, 11) is 0. The summed E-state index contributed by atoms with van der Waals surface area (Å²) in [5, 5.41) is 3.56. The van der Waals surface area contributed by atoms with Crippen molar-refractivity contribution in [2.45, 2.75) is 25.8 Å². The van der Waals surface area contributed by atoms with Gasteiger partial charge < -0.3 is 20.4 Å². The third-order valence-corrected chi connectivity index (χ3v) is 5.24. The minimum absolute atomic E-state index is 0.0134. The zero-order chi connectivity index (χ0) is 19.5. The first-order chi connectivity index (χ1) is 13.6. The van der Waals surface area contributed by atoms with Gasteiger partial charge in [-0.1, -0.05) is 17.7 Å². The molecule has 3 N–H and O–H groups in total. The molecule has 0 spiro atoms. The lowest BCUT2D eigenvalue weighted by molar-refractivity contribution is -0.122. The van der Waals surface area contributed by atoms with Crippen LogP contribution in [-0.2, 0) is 11.3 Å². The molecule has 2 aromatic heterocycles. The number of nitrogen functional groups attached to an aromatic ring is 1. The van der Waals surface area contributed by atoms with E-state index in [-0.39, 0.29) is 11.8 Å². The summed E-state index contributed by atoms with van der Waals surface area (Å²) in [5.41, 5.74) is 8.11. The first-order valence-electron chi connectivity index (χ1n) is 9.35. The van der Waals surface area contributed by atoms with E-state index >= 15 is 0 Å². The number of aromatic nitrogens is 2. The van der Waals surface area contributed by atoms with E-state index in [0.717, 1.165) is 37.0 Å². The van der Waals surface area contributed by atoms with Crippen LogP contribution in [0.5, 0.6) is 0 Å². The molecule has 0 saturated carbocycles. The number of carbonyl (C=O) groups is 1. The van der Waals surface area contributed by atoms with E-state index < -0.39 is 0 Å². The molecule has 4 rings (SSSR count). The minimum Gasteiger partial charge on any atom is -0.423 e. The molecule has 1 saturated heterocycles. The monoisotopic (exact) mass is 399 g/mol. The van der Waals surface area contributed by atoms with Crippen LogP contribution in [0, 0.1) is 5.92 Å². The molecule has 0 radical (unpaired) electrons. The number of hydrogen-bond acceptors (Lipinski definition) is 6. The number of piperidine rings is 1. The number of carbonyl (C=O) groups excluding carboxylic acids is 1. The largest absolute Gasteiger partial charge is 0.423 e. The Morgan fingerprint density at radius 2 is 2.29 bits per heavy atom. The van der Waals surface area contributed by atoms with Crippen LogP contribution in [0.4, 0.5) is 11.8 Å². The number of oxazole rings is 1. The van der Waals surface area contributed by atoms with Crippen molar-refractivity contribution in [1.82, 2.24) is 15.3 Å². The second-order valence-corrected chi connectivity index (χ2v) is 7.53. The maximum absolute atomic E-state index is 12.4. The van der Waals surface area contributed by atoms with Gasteiger partial charge in [0.2, 0.25) is 5.91 Å². The van der Waals surface area contributed by atoms with Crippen molar-refractivity contribution in [3.05, 3.63) is 47.1 Å². The highest BCUT2D eigenvalue weighted by Crippen LogP contribution is 2.28. The smallest absolute Gasteiger partial charge is 0.298 e. The van der Waals surface area contributed by atoms with Crippen molar-refractivity contribution in [3.63, 3.8) is 0 Å². The van der Waals surface area contributed by atoms with E-state index in [9.17, 15) is 4.79 Å². The molecule has 7 nitrogen and oxygen atoms in total. The van der Waals surface area contributed by atoms with E-state index in [1.807, 2.05) is 18.2 Å². The maximum atomic E-state index is 12.4. The van der Waals surface area contributed by atoms with Crippen LogP contribution in [0.25, 0.3) is 11.1 Å². The van der Waals surface area contributed by atoms with Crippen LogP contribution in [0.15, 0.2) is 40.9 Å². The first-order valence-corrected chi connectivity index (χ1v) is 9.73. The highest BCUT2D eigenvalue weighted by atomic mass is 35.5. The number of rotatable bonds is 5. The molecule has 1 amide bonds. The van der Waals surface area contributed by atoms with Crippen molar-refractivity contribution in [3.8, 4) is 0 Å². The molecule has 1 unspecified atom stereocenters. The molecule has 1 aromatic carbocycles. The summed E-state index contributed by atoms with van der Waals surface area (Å²) in [6, 6.07) is 9.69. The van der Waals surface area contributed by atoms with Crippen LogP contribution >= 0.6 is 11.6 Å². The Kier molecular flexibility index (Phi) is 5.34. The fourth-order valence-corrected chi connectivity index (χ4v) is 3.72. The fraction of sp³-hybridized carbons (Fsp3) is 0.350. The Balaban J connectivity index is 1.35. The Morgan fingerprint density at radius 3 is 3.14 bits per heavy atom. The van der Waals surface area contributed by atoms with Crippen LogP contribution in [0.1, 0.15) is 24.8 Å². The molecule has 0 aliphatic carbocycles. The normalized spacial score (nSPS) is 17.0.